The Morgan fingerprint density at radius 2 is 1.77 bits per heavy atom. The van der Waals surface area contributed by atoms with Crippen LogP contribution in [0.1, 0.15) is 12.8 Å². The van der Waals surface area contributed by atoms with Crippen molar-refractivity contribution in [3.63, 3.8) is 0 Å². The maximum Gasteiger partial charge on any atom is 0.366 e. The molecular weight excluding hydrogens is 336 g/mol. The highest BCUT2D eigenvalue weighted by Gasteiger charge is 2.29. The highest BCUT2D eigenvalue weighted by Crippen LogP contribution is 2.15. The van der Waals surface area contributed by atoms with Gasteiger partial charge in [-0.15, -0.1) is 0 Å². The number of piperazine rings is 1. The Morgan fingerprint density at radius 3 is 2.38 bits per heavy atom. The van der Waals surface area contributed by atoms with Crippen LogP contribution in [0.4, 0.5) is 4.79 Å². The van der Waals surface area contributed by atoms with Gasteiger partial charge in [0.1, 0.15) is 5.75 Å². The molecule has 1 aromatic carbocycles. The van der Waals surface area contributed by atoms with Crippen molar-refractivity contribution in [2.75, 3.05) is 39.3 Å². The number of nitrogens with one attached hydrogen (secondary N) is 2. The van der Waals surface area contributed by atoms with Crippen LogP contribution in [0.2, 0.25) is 0 Å². The van der Waals surface area contributed by atoms with Gasteiger partial charge in [-0.1, -0.05) is 18.2 Å². The molecule has 2 aliphatic rings. The molecule has 26 heavy (non-hydrogen) atoms. The smallest absolute Gasteiger partial charge is 0.366 e. The number of para-hydroxylation sites is 1. The molecule has 8 nitrogen and oxygen atoms in total. The van der Waals surface area contributed by atoms with E-state index in [0.717, 1.165) is 39.0 Å². The quantitative estimate of drug-likeness (QED) is 0.663. The molecule has 3 rings (SSSR count). The van der Waals surface area contributed by atoms with Crippen LogP contribution in [0.5, 0.6) is 5.75 Å². The Labute approximate surface area is 153 Å². The van der Waals surface area contributed by atoms with E-state index in [9.17, 15) is 14.7 Å². The first-order valence-electron chi connectivity index (χ1n) is 9.08. The molecule has 2 heterocycles. The average molecular weight is 362 g/mol. The summed E-state index contributed by atoms with van der Waals surface area (Å²) in [4.78, 5) is 27.9. The topological polar surface area (TPSA) is 94.1 Å². The molecule has 2 aliphatic heterocycles. The number of carbonyl (C=O) groups excluding carboxylic acids is 1. The van der Waals surface area contributed by atoms with Gasteiger partial charge in [-0.25, -0.2) is 9.59 Å². The van der Waals surface area contributed by atoms with Crippen LogP contribution in [-0.4, -0.2) is 78.4 Å². The second kappa shape index (κ2) is 8.86. The Morgan fingerprint density at radius 1 is 1.12 bits per heavy atom. The molecule has 2 amide bonds. The normalized spacial score (nSPS) is 20.4. The summed E-state index contributed by atoms with van der Waals surface area (Å²) in [5.41, 5.74) is 0. The number of amides is 2. The first-order chi connectivity index (χ1) is 12.6. The number of carboxylic acids is 1. The molecule has 0 bridgehead atoms. The first kappa shape index (κ1) is 18.5. The number of piperidine rings is 1. The number of hydrogen-bond donors (Lipinski definition) is 3. The van der Waals surface area contributed by atoms with Gasteiger partial charge < -0.3 is 20.1 Å². The van der Waals surface area contributed by atoms with E-state index in [0.29, 0.717) is 24.9 Å². The summed E-state index contributed by atoms with van der Waals surface area (Å²) in [5.74, 6) is -0.827. The van der Waals surface area contributed by atoms with Gasteiger partial charge in [-0.05, 0) is 38.1 Å². The molecule has 8 heteroatoms. The van der Waals surface area contributed by atoms with Gasteiger partial charge in [0.05, 0.1) is 0 Å². The van der Waals surface area contributed by atoms with Gasteiger partial charge in [-0.3, -0.25) is 10.2 Å². The van der Waals surface area contributed by atoms with E-state index in [4.69, 9.17) is 4.74 Å². The fourth-order valence-corrected chi connectivity index (χ4v) is 3.44. The van der Waals surface area contributed by atoms with E-state index in [2.05, 4.69) is 15.5 Å². The lowest BCUT2D eigenvalue weighted by molar-refractivity contribution is -0.146. The summed E-state index contributed by atoms with van der Waals surface area (Å²) < 4.78 is 5.38. The number of carboxylic acid groups (broad SMARTS) is 1. The van der Waals surface area contributed by atoms with E-state index in [1.54, 1.807) is 29.2 Å². The minimum absolute atomic E-state index is 0.399. The van der Waals surface area contributed by atoms with E-state index in [1.807, 2.05) is 6.07 Å². The van der Waals surface area contributed by atoms with Gasteiger partial charge in [-0.2, -0.15) is 0 Å². The molecule has 1 unspecified atom stereocenters. The third kappa shape index (κ3) is 4.86. The minimum Gasteiger partial charge on any atom is -0.477 e. The van der Waals surface area contributed by atoms with Crippen LogP contribution in [-0.2, 0) is 4.79 Å². The molecule has 0 aliphatic carbocycles. The number of rotatable bonds is 5. The maximum absolute atomic E-state index is 12.4. The second-order valence-corrected chi connectivity index (χ2v) is 6.60. The molecule has 142 valence electrons. The third-order valence-corrected chi connectivity index (χ3v) is 4.90. The van der Waals surface area contributed by atoms with E-state index in [1.165, 1.54) is 0 Å². The van der Waals surface area contributed by atoms with Gasteiger partial charge in [0.15, 0.2) is 0 Å². The van der Waals surface area contributed by atoms with Crippen LogP contribution in [0, 0.1) is 0 Å². The number of benzene rings is 1. The second-order valence-electron chi connectivity index (χ2n) is 6.60. The fraction of sp³-hybridized carbons (Fsp3) is 0.556. The van der Waals surface area contributed by atoms with E-state index < -0.39 is 18.2 Å². The third-order valence-electron chi connectivity index (χ3n) is 4.90. The Bertz CT molecular complexity index is 598. The average Bonchev–Trinajstić information content (AvgIpc) is 2.69. The zero-order chi connectivity index (χ0) is 18.4. The standard InChI is InChI=1S/C18H26N4O4/c23-17(24)16(26-15-4-2-1-3-5-15)20-18(25)22-12-10-21(11-13-22)14-6-8-19-9-7-14/h1-5,14,16,19H,6-13H2,(H,20,25)(H,23,24). The van der Waals surface area contributed by atoms with Crippen molar-refractivity contribution >= 4 is 12.0 Å². The Balaban J connectivity index is 1.49. The highest BCUT2D eigenvalue weighted by atomic mass is 16.5. The molecule has 0 saturated carbocycles. The van der Waals surface area contributed by atoms with Crippen molar-refractivity contribution in [2.24, 2.45) is 0 Å². The zero-order valence-corrected chi connectivity index (χ0v) is 14.8. The SMILES string of the molecule is O=C(O)C(NC(=O)N1CCN(C2CCNCC2)CC1)Oc1ccccc1. The zero-order valence-electron chi connectivity index (χ0n) is 14.8. The predicted octanol–water partition coefficient (Wildman–Crippen LogP) is 0.555. The molecule has 0 spiro atoms. The predicted molar refractivity (Wildman–Crippen MR) is 96.1 cm³/mol. The highest BCUT2D eigenvalue weighted by molar-refractivity contribution is 5.81. The van der Waals surface area contributed by atoms with E-state index in [-0.39, 0.29) is 0 Å². The van der Waals surface area contributed by atoms with Crippen molar-refractivity contribution < 1.29 is 19.4 Å². The van der Waals surface area contributed by atoms with Crippen molar-refractivity contribution in [2.45, 2.75) is 25.1 Å². The van der Waals surface area contributed by atoms with Crippen LogP contribution in [0.15, 0.2) is 30.3 Å². The lowest BCUT2D eigenvalue weighted by Crippen LogP contribution is -2.58. The van der Waals surface area contributed by atoms with Crippen molar-refractivity contribution in [1.82, 2.24) is 20.4 Å². The summed E-state index contributed by atoms with van der Waals surface area (Å²) in [7, 11) is 0. The van der Waals surface area contributed by atoms with Crippen LogP contribution >= 0.6 is 0 Å². The number of carbonyl (C=O) groups is 2. The first-order valence-corrected chi connectivity index (χ1v) is 9.08. The van der Waals surface area contributed by atoms with Gasteiger partial charge in [0.2, 0.25) is 0 Å². The van der Waals surface area contributed by atoms with Crippen LogP contribution < -0.4 is 15.4 Å². The number of aliphatic carboxylic acids is 1. The summed E-state index contributed by atoms with van der Waals surface area (Å²) in [6, 6.07) is 8.78. The monoisotopic (exact) mass is 362 g/mol. The van der Waals surface area contributed by atoms with Gasteiger partial charge >= 0.3 is 12.0 Å². The number of nitrogens with zero attached hydrogens (tertiary/aromatic N) is 2. The lowest BCUT2D eigenvalue weighted by Gasteiger charge is -2.40. The summed E-state index contributed by atoms with van der Waals surface area (Å²) >= 11 is 0. The molecule has 2 saturated heterocycles. The number of urea groups is 1. The summed E-state index contributed by atoms with van der Waals surface area (Å²) in [5, 5.41) is 15.1. The molecule has 0 aromatic heterocycles. The van der Waals surface area contributed by atoms with Crippen molar-refractivity contribution in [3.8, 4) is 5.75 Å². The number of hydrogen-bond acceptors (Lipinski definition) is 5. The minimum atomic E-state index is -1.41. The van der Waals surface area contributed by atoms with Crippen molar-refractivity contribution in [1.29, 1.82) is 0 Å². The Hall–Kier alpha value is -2.32. The van der Waals surface area contributed by atoms with Crippen molar-refractivity contribution in [3.05, 3.63) is 30.3 Å². The molecule has 1 atom stereocenters. The maximum atomic E-state index is 12.4. The number of ether oxygens (including phenoxy) is 1. The van der Waals surface area contributed by atoms with Crippen LogP contribution in [0.25, 0.3) is 0 Å². The van der Waals surface area contributed by atoms with Crippen LogP contribution in [0.3, 0.4) is 0 Å². The largest absolute Gasteiger partial charge is 0.477 e. The summed E-state index contributed by atoms with van der Waals surface area (Å²) in [6.07, 6.45) is 0.864. The molecule has 3 N–H and O–H groups in total. The summed E-state index contributed by atoms with van der Waals surface area (Å²) in [6.45, 7) is 4.90. The van der Waals surface area contributed by atoms with Gasteiger partial charge in [0.25, 0.3) is 6.23 Å². The molecule has 2 fully saturated rings. The lowest BCUT2D eigenvalue weighted by atomic mass is 10.0. The Kier molecular flexibility index (Phi) is 6.30. The molecule has 0 radical (unpaired) electrons. The molecular formula is C18H26N4O4. The molecule has 1 aromatic rings. The fourth-order valence-electron chi connectivity index (χ4n) is 3.44. The van der Waals surface area contributed by atoms with E-state index >= 15 is 0 Å². The van der Waals surface area contributed by atoms with Gasteiger partial charge in [0, 0.05) is 32.2 Å².